The number of hydrogen-bond acceptors (Lipinski definition) is 6. The second kappa shape index (κ2) is 9.87. The van der Waals surface area contributed by atoms with Gasteiger partial charge in [0.15, 0.2) is 11.5 Å². The van der Waals surface area contributed by atoms with E-state index in [0.29, 0.717) is 4.70 Å². The summed E-state index contributed by atoms with van der Waals surface area (Å²) in [5, 5.41) is 0.397. The van der Waals surface area contributed by atoms with Crippen LogP contribution in [-0.4, -0.2) is 49.5 Å². The van der Waals surface area contributed by atoms with Gasteiger partial charge in [-0.15, -0.1) is 34.5 Å². The van der Waals surface area contributed by atoms with Crippen molar-refractivity contribution in [3.05, 3.63) is 16.1 Å². The molecule has 1 heterocycles. The van der Waals surface area contributed by atoms with Gasteiger partial charge in [-0.1, -0.05) is 23.2 Å². The van der Waals surface area contributed by atoms with E-state index in [-0.39, 0.29) is 56.1 Å². The van der Waals surface area contributed by atoms with Gasteiger partial charge in [0.05, 0.1) is 21.5 Å². The maximum absolute atomic E-state index is 12.4. The molecular weight excluding hydrogens is 519 g/mol. The van der Waals surface area contributed by atoms with Gasteiger partial charge in [-0.3, -0.25) is 4.57 Å². The minimum atomic E-state index is -4.58. The van der Waals surface area contributed by atoms with Gasteiger partial charge in [-0.05, 0) is 6.07 Å². The van der Waals surface area contributed by atoms with Crippen molar-refractivity contribution in [3.8, 4) is 11.5 Å². The summed E-state index contributed by atoms with van der Waals surface area (Å²) < 4.78 is 48.6. The zero-order chi connectivity index (χ0) is 21.1. The molecule has 0 bridgehead atoms. The summed E-state index contributed by atoms with van der Waals surface area (Å²) >= 11 is 24.8. The van der Waals surface area contributed by atoms with Crippen molar-refractivity contribution in [1.29, 1.82) is 0 Å². The van der Waals surface area contributed by atoms with E-state index < -0.39 is 23.9 Å². The first-order valence-electron chi connectivity index (χ1n) is 7.38. The largest absolute Gasteiger partial charge is 0.487 e. The first-order valence-corrected chi connectivity index (χ1v) is 13.3. The third kappa shape index (κ3) is 5.78. The predicted molar refractivity (Wildman–Crippen MR) is 112 cm³/mol. The number of benzene rings is 1. The molecule has 15 heteroatoms. The van der Waals surface area contributed by atoms with Crippen LogP contribution in [0.15, 0.2) is 10.3 Å². The Morgan fingerprint density at radius 3 is 2.11 bits per heavy atom. The molecule has 0 aliphatic heterocycles. The highest BCUT2D eigenvalue weighted by atomic mass is 35.5. The summed E-state index contributed by atoms with van der Waals surface area (Å²) in [5.41, 5.74) is 0. The number of nitrogens with one attached hydrogen (secondary N) is 1. The molecule has 0 amide bonds. The molecule has 28 heavy (non-hydrogen) atoms. The van der Waals surface area contributed by atoms with E-state index in [2.05, 4.69) is 0 Å². The summed E-state index contributed by atoms with van der Waals surface area (Å²) in [4.78, 5) is 17.8. The molecule has 2 aromatic rings. The van der Waals surface area contributed by atoms with Crippen molar-refractivity contribution in [1.82, 2.24) is 4.72 Å². The second-order valence-corrected chi connectivity index (χ2v) is 11.3. The molecule has 0 aliphatic carbocycles. The Morgan fingerprint density at radius 1 is 1.07 bits per heavy atom. The first-order chi connectivity index (χ1) is 13.0. The SMILES string of the molecule is O=P(O)(O)CNS(=O)(=O)c1cc2c(Cl)c(OCCCl)c(OCCCl)c(Cl)c2s1. The number of ether oxygens (including phenoxy) is 2. The van der Waals surface area contributed by atoms with Gasteiger partial charge in [0.2, 0.25) is 0 Å². The van der Waals surface area contributed by atoms with Crippen molar-refractivity contribution >= 4 is 85.4 Å². The van der Waals surface area contributed by atoms with E-state index in [1.54, 1.807) is 0 Å². The summed E-state index contributed by atoms with van der Waals surface area (Å²) in [5.74, 6) is 0.516. The van der Waals surface area contributed by atoms with E-state index >= 15 is 0 Å². The van der Waals surface area contributed by atoms with E-state index in [0.717, 1.165) is 11.3 Å². The monoisotopic (exact) mass is 531 g/mol. The molecular formula is C13H14Cl4NO7PS2. The molecule has 1 aromatic carbocycles. The summed E-state index contributed by atoms with van der Waals surface area (Å²) in [7, 11) is -8.79. The Bertz CT molecular complexity index is 957. The Hall–Kier alpha value is -0.000000000000000194. The van der Waals surface area contributed by atoms with Gasteiger partial charge < -0.3 is 19.3 Å². The number of thiophene rings is 1. The molecule has 1 aromatic heterocycles. The van der Waals surface area contributed by atoms with Gasteiger partial charge in [-0.2, -0.15) is 4.72 Å². The van der Waals surface area contributed by atoms with Gasteiger partial charge in [-0.25, -0.2) is 8.42 Å². The number of halogens is 4. The normalized spacial score (nSPS) is 12.5. The standard InChI is InChI=1S/C13H14Cl4NO7PS2/c14-1-3-24-11-9(16)7-5-8(28(22,23)18-6-26(19,20)21)27-13(7)10(17)12(11)25-4-2-15/h5,18H,1-4,6H2,(H2,19,20,21). The van der Waals surface area contributed by atoms with Crippen LogP contribution in [0.25, 0.3) is 10.1 Å². The predicted octanol–water partition coefficient (Wildman–Crippen LogP) is 3.86. The maximum atomic E-state index is 12.4. The fraction of sp³-hybridized carbons (Fsp3) is 0.385. The zero-order valence-corrected chi connectivity index (χ0v) is 19.4. The van der Waals surface area contributed by atoms with Crippen molar-refractivity contribution in [2.45, 2.75) is 4.21 Å². The lowest BCUT2D eigenvalue weighted by Gasteiger charge is -2.15. The van der Waals surface area contributed by atoms with Gasteiger partial charge >= 0.3 is 7.60 Å². The van der Waals surface area contributed by atoms with E-state index in [1.807, 2.05) is 4.72 Å². The fourth-order valence-corrected chi connectivity index (χ4v) is 6.35. The van der Waals surface area contributed by atoms with Crippen molar-refractivity contribution in [2.24, 2.45) is 0 Å². The fourth-order valence-electron chi connectivity index (χ4n) is 2.03. The molecule has 0 radical (unpaired) electrons. The number of hydrogen-bond donors (Lipinski definition) is 3. The Kier molecular flexibility index (Phi) is 8.56. The van der Waals surface area contributed by atoms with Crippen LogP contribution in [0.2, 0.25) is 10.0 Å². The summed E-state index contributed by atoms with van der Waals surface area (Å²) in [6.07, 6.45) is -1.04. The summed E-state index contributed by atoms with van der Waals surface area (Å²) in [6, 6.07) is 1.23. The van der Waals surface area contributed by atoms with Crippen LogP contribution in [0, 0.1) is 0 Å². The van der Waals surface area contributed by atoms with Crippen molar-refractivity contribution in [3.63, 3.8) is 0 Å². The highest BCUT2D eigenvalue weighted by molar-refractivity contribution is 7.92. The third-order valence-corrected chi connectivity index (χ3v) is 8.09. The van der Waals surface area contributed by atoms with E-state index in [4.69, 9.17) is 65.7 Å². The highest BCUT2D eigenvalue weighted by Gasteiger charge is 2.27. The van der Waals surface area contributed by atoms with Gasteiger partial charge in [0, 0.05) is 5.39 Å². The van der Waals surface area contributed by atoms with Crippen LogP contribution in [-0.2, 0) is 14.6 Å². The maximum Gasteiger partial charge on any atom is 0.340 e. The number of rotatable bonds is 10. The molecule has 0 unspecified atom stereocenters. The van der Waals surface area contributed by atoms with E-state index in [9.17, 15) is 13.0 Å². The molecule has 0 atom stereocenters. The average molecular weight is 533 g/mol. The Labute approximate surface area is 184 Å². The average Bonchev–Trinajstić information content (AvgIpc) is 3.07. The lowest BCUT2D eigenvalue weighted by Crippen LogP contribution is -2.23. The first kappa shape index (κ1) is 24.3. The van der Waals surface area contributed by atoms with Crippen LogP contribution < -0.4 is 14.2 Å². The third-order valence-electron chi connectivity index (χ3n) is 3.12. The molecule has 0 saturated heterocycles. The molecule has 0 fully saturated rings. The molecule has 3 N–H and O–H groups in total. The lowest BCUT2D eigenvalue weighted by atomic mass is 10.2. The van der Waals surface area contributed by atoms with Gasteiger partial charge in [0.25, 0.3) is 10.0 Å². The topological polar surface area (TPSA) is 122 Å². The second-order valence-electron chi connectivity index (χ2n) is 5.14. The lowest BCUT2D eigenvalue weighted by molar-refractivity contribution is 0.291. The smallest absolute Gasteiger partial charge is 0.340 e. The Morgan fingerprint density at radius 2 is 1.61 bits per heavy atom. The number of fused-ring (bicyclic) bond motifs is 1. The quantitative estimate of drug-likeness (QED) is 0.313. The van der Waals surface area contributed by atoms with Crippen LogP contribution >= 0.6 is 65.3 Å². The highest BCUT2D eigenvalue weighted by Crippen LogP contribution is 2.50. The zero-order valence-electron chi connectivity index (χ0n) is 13.8. The number of alkyl halides is 2. The molecule has 2 rings (SSSR count). The van der Waals surface area contributed by atoms with Gasteiger partial charge in [0.1, 0.15) is 28.7 Å². The molecule has 0 aliphatic rings. The van der Waals surface area contributed by atoms with Crippen LogP contribution in [0.5, 0.6) is 11.5 Å². The molecule has 8 nitrogen and oxygen atoms in total. The molecule has 0 spiro atoms. The van der Waals surface area contributed by atoms with E-state index in [1.165, 1.54) is 6.07 Å². The Balaban J connectivity index is 2.58. The summed E-state index contributed by atoms with van der Waals surface area (Å²) in [6.45, 7) is 0.195. The minimum absolute atomic E-state index is 0.0572. The molecule has 158 valence electrons. The number of sulfonamides is 1. The van der Waals surface area contributed by atoms with Crippen LogP contribution in [0.4, 0.5) is 0 Å². The van der Waals surface area contributed by atoms with Crippen molar-refractivity contribution in [2.75, 3.05) is 31.3 Å². The van der Waals surface area contributed by atoms with Crippen LogP contribution in [0.1, 0.15) is 0 Å². The van der Waals surface area contributed by atoms with Crippen LogP contribution in [0.3, 0.4) is 0 Å². The molecule has 0 saturated carbocycles. The minimum Gasteiger partial charge on any atom is -0.487 e. The van der Waals surface area contributed by atoms with Crippen molar-refractivity contribution < 1.29 is 32.2 Å².